The number of hydrogen-bond donors (Lipinski definition) is 1. The van der Waals surface area contributed by atoms with E-state index in [0.29, 0.717) is 11.7 Å². The molecule has 3 heteroatoms. The second-order valence-corrected chi connectivity index (χ2v) is 8.51. The van der Waals surface area contributed by atoms with Gasteiger partial charge in [-0.1, -0.05) is 52.2 Å². The van der Waals surface area contributed by atoms with Gasteiger partial charge in [-0.3, -0.25) is 0 Å². The van der Waals surface area contributed by atoms with Gasteiger partial charge in [-0.2, -0.15) is 0 Å². The Morgan fingerprint density at radius 3 is 2.60 bits per heavy atom. The van der Waals surface area contributed by atoms with Gasteiger partial charge in [0.1, 0.15) is 5.75 Å². The zero-order valence-electron chi connectivity index (χ0n) is 17.0. The van der Waals surface area contributed by atoms with Crippen molar-refractivity contribution in [1.82, 2.24) is 9.80 Å². The lowest BCUT2D eigenvalue weighted by Crippen LogP contribution is -2.47. The summed E-state index contributed by atoms with van der Waals surface area (Å²) in [6, 6.07) is 6.37. The van der Waals surface area contributed by atoms with Crippen molar-refractivity contribution < 1.29 is 5.11 Å². The molecule has 25 heavy (non-hydrogen) atoms. The Labute approximate surface area is 155 Å². The second-order valence-electron chi connectivity index (χ2n) is 8.51. The molecule has 2 unspecified atom stereocenters. The van der Waals surface area contributed by atoms with Gasteiger partial charge in [0.25, 0.3) is 0 Å². The van der Waals surface area contributed by atoms with E-state index in [1.807, 2.05) is 20.2 Å². The van der Waals surface area contributed by atoms with Gasteiger partial charge in [-0.05, 0) is 63.0 Å². The standard InChI is InChI=1S/C22H38N2O/c1-6-7-8-9-13-24-14-12-22(3,18(2)16-24)20-11-10-19(17-23(4)5)21(25)15-20/h10-11,15,18,25H,6-9,12-14,16-17H2,1-5H3. The molecule has 1 heterocycles. The van der Waals surface area contributed by atoms with Crippen molar-refractivity contribution in [2.24, 2.45) is 5.92 Å². The lowest BCUT2D eigenvalue weighted by Gasteiger charge is -2.45. The van der Waals surface area contributed by atoms with Crippen molar-refractivity contribution in [1.29, 1.82) is 0 Å². The first-order valence-electron chi connectivity index (χ1n) is 10.1. The molecule has 2 rings (SSSR count). The Bertz CT molecular complexity index is 543. The van der Waals surface area contributed by atoms with E-state index in [0.717, 1.165) is 12.1 Å². The van der Waals surface area contributed by atoms with Gasteiger partial charge < -0.3 is 14.9 Å². The first-order valence-corrected chi connectivity index (χ1v) is 10.1. The summed E-state index contributed by atoms with van der Waals surface area (Å²) in [6.07, 6.45) is 6.53. The van der Waals surface area contributed by atoms with Crippen LogP contribution in [0, 0.1) is 5.92 Å². The van der Waals surface area contributed by atoms with E-state index in [9.17, 15) is 5.11 Å². The minimum Gasteiger partial charge on any atom is -0.508 e. The summed E-state index contributed by atoms with van der Waals surface area (Å²) < 4.78 is 0. The number of hydrogen-bond acceptors (Lipinski definition) is 3. The average Bonchev–Trinajstić information content (AvgIpc) is 2.56. The largest absolute Gasteiger partial charge is 0.508 e. The van der Waals surface area contributed by atoms with E-state index in [2.05, 4.69) is 42.7 Å². The number of piperidine rings is 1. The highest BCUT2D eigenvalue weighted by atomic mass is 16.3. The van der Waals surface area contributed by atoms with Crippen LogP contribution in [0.5, 0.6) is 5.75 Å². The molecule has 3 nitrogen and oxygen atoms in total. The summed E-state index contributed by atoms with van der Waals surface area (Å²) in [5.41, 5.74) is 2.47. The average molecular weight is 347 g/mol. The Kier molecular flexibility index (Phi) is 7.33. The number of unbranched alkanes of at least 4 members (excludes halogenated alkanes) is 3. The van der Waals surface area contributed by atoms with Crippen LogP contribution in [0.1, 0.15) is 64.0 Å². The lowest BCUT2D eigenvalue weighted by atomic mass is 9.68. The molecule has 1 aromatic rings. The first-order chi connectivity index (χ1) is 11.9. The molecule has 1 N–H and O–H groups in total. The third-order valence-corrected chi connectivity index (χ3v) is 6.13. The van der Waals surface area contributed by atoms with Gasteiger partial charge in [0.15, 0.2) is 0 Å². The molecule has 2 atom stereocenters. The number of benzene rings is 1. The van der Waals surface area contributed by atoms with Crippen molar-refractivity contribution in [3.8, 4) is 5.75 Å². The summed E-state index contributed by atoms with van der Waals surface area (Å²) in [5, 5.41) is 10.5. The molecule has 1 aliphatic rings. The Balaban J connectivity index is 2.01. The fourth-order valence-corrected chi connectivity index (χ4v) is 4.10. The van der Waals surface area contributed by atoms with Crippen molar-refractivity contribution in [2.45, 2.75) is 64.8 Å². The highest BCUT2D eigenvalue weighted by Gasteiger charge is 2.38. The SMILES string of the molecule is CCCCCCN1CCC(C)(c2ccc(CN(C)C)c(O)c2)C(C)C1. The maximum absolute atomic E-state index is 10.5. The molecule has 0 aromatic heterocycles. The van der Waals surface area contributed by atoms with Gasteiger partial charge in [-0.15, -0.1) is 0 Å². The van der Waals surface area contributed by atoms with E-state index < -0.39 is 0 Å². The van der Waals surface area contributed by atoms with Crippen LogP contribution in [0.4, 0.5) is 0 Å². The van der Waals surface area contributed by atoms with Gasteiger partial charge >= 0.3 is 0 Å². The molecule has 0 radical (unpaired) electrons. The summed E-state index contributed by atoms with van der Waals surface area (Å²) >= 11 is 0. The van der Waals surface area contributed by atoms with Crippen molar-refractivity contribution in [3.63, 3.8) is 0 Å². The lowest BCUT2D eigenvalue weighted by molar-refractivity contribution is 0.109. The van der Waals surface area contributed by atoms with Gasteiger partial charge in [0.05, 0.1) is 0 Å². The van der Waals surface area contributed by atoms with Gasteiger partial charge in [0.2, 0.25) is 0 Å². The monoisotopic (exact) mass is 346 g/mol. The van der Waals surface area contributed by atoms with Crippen molar-refractivity contribution in [3.05, 3.63) is 29.3 Å². The molecule has 1 aromatic carbocycles. The second kappa shape index (κ2) is 9.05. The van der Waals surface area contributed by atoms with E-state index in [1.54, 1.807) is 0 Å². The van der Waals surface area contributed by atoms with Crippen LogP contribution >= 0.6 is 0 Å². The van der Waals surface area contributed by atoms with Crippen LogP contribution in [0.25, 0.3) is 0 Å². The first kappa shape index (κ1) is 20.3. The highest BCUT2D eigenvalue weighted by Crippen LogP contribution is 2.41. The zero-order chi connectivity index (χ0) is 18.4. The highest BCUT2D eigenvalue weighted by molar-refractivity contribution is 5.40. The summed E-state index contributed by atoms with van der Waals surface area (Å²) in [4.78, 5) is 4.73. The normalized spacial score (nSPS) is 24.8. The Hall–Kier alpha value is -1.06. The maximum atomic E-state index is 10.5. The number of phenolic OH excluding ortho intramolecular Hbond substituents is 1. The smallest absolute Gasteiger partial charge is 0.120 e. The molecular weight excluding hydrogens is 308 g/mol. The fraction of sp³-hybridized carbons (Fsp3) is 0.727. The van der Waals surface area contributed by atoms with Gasteiger partial charge in [0, 0.05) is 18.7 Å². The molecule has 1 fully saturated rings. The molecule has 0 aliphatic carbocycles. The van der Waals surface area contributed by atoms with Crippen LogP contribution in [0.2, 0.25) is 0 Å². The van der Waals surface area contributed by atoms with Crippen molar-refractivity contribution in [2.75, 3.05) is 33.7 Å². The van der Waals surface area contributed by atoms with E-state index in [4.69, 9.17) is 0 Å². The van der Waals surface area contributed by atoms with Crippen LogP contribution in [-0.2, 0) is 12.0 Å². The van der Waals surface area contributed by atoms with Crippen molar-refractivity contribution >= 4 is 0 Å². The quantitative estimate of drug-likeness (QED) is 0.695. The third-order valence-electron chi connectivity index (χ3n) is 6.13. The molecule has 0 spiro atoms. The number of rotatable bonds is 8. The number of likely N-dealkylation sites (tertiary alicyclic amines) is 1. The minimum absolute atomic E-state index is 0.161. The minimum atomic E-state index is 0.161. The van der Waals surface area contributed by atoms with E-state index in [-0.39, 0.29) is 5.41 Å². The summed E-state index contributed by atoms with van der Waals surface area (Å²) in [7, 11) is 4.07. The van der Waals surface area contributed by atoms with Crippen LogP contribution in [-0.4, -0.2) is 48.6 Å². The molecular formula is C22H38N2O. The molecule has 1 aliphatic heterocycles. The van der Waals surface area contributed by atoms with E-state index >= 15 is 0 Å². The molecule has 0 amide bonds. The molecule has 0 bridgehead atoms. The fourth-order valence-electron chi connectivity index (χ4n) is 4.10. The topological polar surface area (TPSA) is 26.7 Å². The number of aromatic hydroxyl groups is 1. The predicted molar refractivity (Wildman–Crippen MR) is 107 cm³/mol. The summed E-state index contributed by atoms with van der Waals surface area (Å²) in [6.45, 7) is 11.4. The maximum Gasteiger partial charge on any atom is 0.120 e. The van der Waals surface area contributed by atoms with E-state index in [1.165, 1.54) is 57.3 Å². The number of phenols is 1. The van der Waals surface area contributed by atoms with Crippen LogP contribution < -0.4 is 0 Å². The Morgan fingerprint density at radius 1 is 1.24 bits per heavy atom. The molecule has 142 valence electrons. The molecule has 1 saturated heterocycles. The summed E-state index contributed by atoms with van der Waals surface area (Å²) in [5.74, 6) is 1.05. The Morgan fingerprint density at radius 2 is 2.00 bits per heavy atom. The third kappa shape index (κ3) is 5.21. The predicted octanol–water partition coefficient (Wildman–Crippen LogP) is 4.63. The number of nitrogens with zero attached hydrogens (tertiary/aromatic N) is 2. The van der Waals surface area contributed by atoms with Gasteiger partial charge in [-0.25, -0.2) is 0 Å². The molecule has 0 saturated carbocycles. The van der Waals surface area contributed by atoms with Crippen LogP contribution in [0.3, 0.4) is 0 Å². The van der Waals surface area contributed by atoms with Crippen LogP contribution in [0.15, 0.2) is 18.2 Å². The zero-order valence-corrected chi connectivity index (χ0v) is 17.0.